The molecule has 0 aliphatic heterocycles. The van der Waals surface area contributed by atoms with E-state index in [1.807, 2.05) is 7.05 Å². The molecule has 0 aliphatic carbocycles. The lowest BCUT2D eigenvalue weighted by Gasteiger charge is -2.00. The Kier molecular flexibility index (Phi) is 4.84. The van der Waals surface area contributed by atoms with E-state index < -0.39 is 0 Å². The number of aryl methyl sites for hydroxylation is 3. The van der Waals surface area contributed by atoms with Crippen molar-refractivity contribution in [2.75, 3.05) is 13.6 Å². The van der Waals surface area contributed by atoms with Gasteiger partial charge in [0.1, 0.15) is 10.0 Å². The molecule has 1 aromatic heterocycles. The van der Waals surface area contributed by atoms with Gasteiger partial charge in [0.25, 0.3) is 0 Å². The molecule has 0 saturated carbocycles. The molecule has 0 spiro atoms. The van der Waals surface area contributed by atoms with Crippen molar-refractivity contribution in [2.24, 2.45) is 0 Å². The fraction of sp³-hybridized carbons (Fsp3) is 0.429. The topological polar surface area (TPSA) is 37.8 Å². The highest BCUT2D eigenvalue weighted by Gasteiger charge is 2.04. The van der Waals surface area contributed by atoms with Crippen LogP contribution >= 0.6 is 11.3 Å². The SMILES string of the molecule is CNCCc1nnc(CCc2cccc(C)c2)s1. The third-order valence-corrected chi connectivity index (χ3v) is 3.85. The lowest BCUT2D eigenvalue weighted by Crippen LogP contribution is -2.09. The van der Waals surface area contributed by atoms with E-state index in [0.29, 0.717) is 0 Å². The first-order valence-corrected chi connectivity index (χ1v) is 7.11. The Morgan fingerprint density at radius 2 is 1.89 bits per heavy atom. The number of hydrogen-bond donors (Lipinski definition) is 1. The minimum absolute atomic E-state index is 0.965. The van der Waals surface area contributed by atoms with Gasteiger partial charge in [0.2, 0.25) is 0 Å². The van der Waals surface area contributed by atoms with Gasteiger partial charge in [0, 0.05) is 19.4 Å². The minimum Gasteiger partial charge on any atom is -0.319 e. The molecule has 3 nitrogen and oxygen atoms in total. The molecule has 0 amide bonds. The lowest BCUT2D eigenvalue weighted by atomic mass is 10.1. The Labute approximate surface area is 112 Å². The average Bonchev–Trinajstić information content (AvgIpc) is 2.82. The molecule has 4 heteroatoms. The Balaban J connectivity index is 1.88. The summed E-state index contributed by atoms with van der Waals surface area (Å²) in [5.41, 5.74) is 2.70. The van der Waals surface area contributed by atoms with E-state index in [4.69, 9.17) is 0 Å². The molecule has 0 saturated heterocycles. The fourth-order valence-corrected chi connectivity index (χ4v) is 2.68. The summed E-state index contributed by atoms with van der Waals surface area (Å²) in [5.74, 6) is 0. The highest BCUT2D eigenvalue weighted by molar-refractivity contribution is 7.11. The molecule has 1 heterocycles. The number of aromatic nitrogens is 2. The molecular formula is C14H19N3S. The van der Waals surface area contributed by atoms with Crippen LogP contribution < -0.4 is 5.32 Å². The van der Waals surface area contributed by atoms with Crippen LogP contribution in [0, 0.1) is 6.92 Å². The Bertz CT molecular complexity index is 493. The summed E-state index contributed by atoms with van der Waals surface area (Å²) in [7, 11) is 1.96. The third kappa shape index (κ3) is 3.89. The predicted octanol–water partition coefficient (Wildman–Crippen LogP) is 2.39. The van der Waals surface area contributed by atoms with Crippen molar-refractivity contribution >= 4 is 11.3 Å². The van der Waals surface area contributed by atoms with Gasteiger partial charge in [0.05, 0.1) is 0 Å². The monoisotopic (exact) mass is 261 g/mol. The summed E-state index contributed by atoms with van der Waals surface area (Å²) in [6.07, 6.45) is 3.00. The zero-order chi connectivity index (χ0) is 12.8. The summed E-state index contributed by atoms with van der Waals surface area (Å²) in [5, 5.41) is 13.9. The summed E-state index contributed by atoms with van der Waals surface area (Å²) >= 11 is 1.73. The van der Waals surface area contributed by atoms with Gasteiger partial charge in [-0.05, 0) is 26.0 Å². The van der Waals surface area contributed by atoms with Crippen molar-refractivity contribution in [1.29, 1.82) is 0 Å². The third-order valence-electron chi connectivity index (χ3n) is 2.81. The van der Waals surface area contributed by atoms with Gasteiger partial charge in [0.15, 0.2) is 0 Å². The van der Waals surface area contributed by atoms with E-state index >= 15 is 0 Å². The maximum absolute atomic E-state index is 4.25. The summed E-state index contributed by atoms with van der Waals surface area (Å²) < 4.78 is 0. The average molecular weight is 261 g/mol. The standard InChI is InChI=1S/C14H19N3S/c1-11-4-3-5-12(10-11)6-7-13-16-17-14(18-13)8-9-15-2/h3-5,10,15H,6-9H2,1-2H3. The quantitative estimate of drug-likeness (QED) is 0.867. The molecule has 1 aromatic carbocycles. The molecule has 18 heavy (non-hydrogen) atoms. The molecule has 0 bridgehead atoms. The number of benzene rings is 1. The molecule has 2 rings (SSSR count). The molecule has 0 radical (unpaired) electrons. The Hall–Kier alpha value is -1.26. The maximum atomic E-state index is 4.25. The molecule has 0 atom stereocenters. The summed E-state index contributed by atoms with van der Waals surface area (Å²) in [6, 6.07) is 8.66. The molecule has 96 valence electrons. The van der Waals surface area contributed by atoms with Crippen LogP contribution in [0.3, 0.4) is 0 Å². The summed E-state index contributed by atoms with van der Waals surface area (Å²) in [6.45, 7) is 3.09. The van der Waals surface area contributed by atoms with E-state index in [9.17, 15) is 0 Å². The van der Waals surface area contributed by atoms with Gasteiger partial charge in [-0.1, -0.05) is 29.8 Å². The van der Waals surface area contributed by atoms with E-state index in [1.165, 1.54) is 11.1 Å². The molecule has 2 aromatic rings. The van der Waals surface area contributed by atoms with E-state index in [1.54, 1.807) is 11.3 Å². The molecule has 1 N–H and O–H groups in total. The van der Waals surface area contributed by atoms with Crippen molar-refractivity contribution < 1.29 is 0 Å². The van der Waals surface area contributed by atoms with Crippen LogP contribution in [0.4, 0.5) is 0 Å². The van der Waals surface area contributed by atoms with E-state index in [0.717, 1.165) is 35.8 Å². The van der Waals surface area contributed by atoms with Gasteiger partial charge >= 0.3 is 0 Å². The molecule has 0 fully saturated rings. The van der Waals surface area contributed by atoms with Crippen LogP contribution in [0.5, 0.6) is 0 Å². The number of nitrogens with one attached hydrogen (secondary N) is 1. The minimum atomic E-state index is 0.965. The van der Waals surface area contributed by atoms with E-state index in [2.05, 4.69) is 46.7 Å². The van der Waals surface area contributed by atoms with Gasteiger partial charge in [-0.3, -0.25) is 0 Å². The second kappa shape index (κ2) is 6.61. The zero-order valence-electron chi connectivity index (χ0n) is 10.9. The zero-order valence-corrected chi connectivity index (χ0v) is 11.8. The Morgan fingerprint density at radius 1 is 1.11 bits per heavy atom. The molecule has 0 unspecified atom stereocenters. The highest BCUT2D eigenvalue weighted by Crippen LogP contribution is 2.14. The van der Waals surface area contributed by atoms with Gasteiger partial charge < -0.3 is 5.32 Å². The second-order valence-electron chi connectivity index (χ2n) is 4.43. The van der Waals surface area contributed by atoms with Crippen LogP contribution in [0.25, 0.3) is 0 Å². The number of hydrogen-bond acceptors (Lipinski definition) is 4. The van der Waals surface area contributed by atoms with Crippen molar-refractivity contribution in [2.45, 2.75) is 26.2 Å². The normalized spacial score (nSPS) is 10.8. The number of nitrogens with zero attached hydrogens (tertiary/aromatic N) is 2. The molecule has 0 aliphatic rings. The molecular weight excluding hydrogens is 242 g/mol. The smallest absolute Gasteiger partial charge is 0.118 e. The first kappa shape index (κ1) is 13.2. The van der Waals surface area contributed by atoms with Crippen molar-refractivity contribution in [3.05, 3.63) is 45.4 Å². The van der Waals surface area contributed by atoms with Crippen molar-refractivity contribution in [1.82, 2.24) is 15.5 Å². The van der Waals surface area contributed by atoms with Crippen LogP contribution in [0.1, 0.15) is 21.1 Å². The largest absolute Gasteiger partial charge is 0.319 e. The van der Waals surface area contributed by atoms with Crippen molar-refractivity contribution in [3.63, 3.8) is 0 Å². The van der Waals surface area contributed by atoms with Crippen molar-refractivity contribution in [3.8, 4) is 0 Å². The Morgan fingerprint density at radius 3 is 2.61 bits per heavy atom. The van der Waals surface area contributed by atoms with Crippen LogP contribution in [0.15, 0.2) is 24.3 Å². The van der Waals surface area contributed by atoms with Crippen LogP contribution in [0.2, 0.25) is 0 Å². The predicted molar refractivity (Wildman–Crippen MR) is 76.1 cm³/mol. The van der Waals surface area contributed by atoms with Gasteiger partial charge in [-0.25, -0.2) is 0 Å². The number of likely N-dealkylation sites (N-methyl/N-ethyl adjacent to an activating group) is 1. The summed E-state index contributed by atoms with van der Waals surface area (Å²) in [4.78, 5) is 0. The first-order chi connectivity index (χ1) is 8.78. The van der Waals surface area contributed by atoms with Gasteiger partial charge in [-0.15, -0.1) is 21.5 Å². The van der Waals surface area contributed by atoms with Gasteiger partial charge in [-0.2, -0.15) is 0 Å². The number of rotatable bonds is 6. The highest BCUT2D eigenvalue weighted by atomic mass is 32.1. The van der Waals surface area contributed by atoms with Crippen LogP contribution in [-0.2, 0) is 19.3 Å². The lowest BCUT2D eigenvalue weighted by molar-refractivity contribution is 0.776. The second-order valence-corrected chi connectivity index (χ2v) is 5.58. The first-order valence-electron chi connectivity index (χ1n) is 6.29. The fourth-order valence-electron chi connectivity index (χ4n) is 1.84. The van der Waals surface area contributed by atoms with Crippen LogP contribution in [-0.4, -0.2) is 23.8 Å². The van der Waals surface area contributed by atoms with E-state index in [-0.39, 0.29) is 0 Å². The maximum Gasteiger partial charge on any atom is 0.118 e.